The van der Waals surface area contributed by atoms with Crippen LogP contribution in [0.2, 0.25) is 0 Å². The van der Waals surface area contributed by atoms with Gasteiger partial charge in [0.1, 0.15) is 5.82 Å². The van der Waals surface area contributed by atoms with E-state index in [1.807, 2.05) is 36.0 Å². The van der Waals surface area contributed by atoms with Crippen LogP contribution in [-0.2, 0) is 42.1 Å². The van der Waals surface area contributed by atoms with Gasteiger partial charge in [-0.05, 0) is 105 Å². The van der Waals surface area contributed by atoms with Crippen LogP contribution in [0.5, 0.6) is 0 Å². The van der Waals surface area contributed by atoms with Gasteiger partial charge in [0.2, 0.25) is 5.91 Å². The summed E-state index contributed by atoms with van der Waals surface area (Å²) in [7, 11) is 0. The molecule has 5 heterocycles. The molecular weight excluding hydrogens is 760 g/mol. The fraction of sp³-hybridized carbons (Fsp3) is 0.447. The largest absolute Gasteiger partial charge is 0.381 e. The summed E-state index contributed by atoms with van der Waals surface area (Å²) in [5.74, 6) is -1.22. The van der Waals surface area contributed by atoms with Gasteiger partial charge in [0, 0.05) is 86.0 Å². The van der Waals surface area contributed by atoms with Crippen LogP contribution in [0.15, 0.2) is 72.9 Å². The number of anilines is 1. The van der Waals surface area contributed by atoms with E-state index in [1.165, 1.54) is 6.07 Å². The van der Waals surface area contributed by atoms with E-state index in [4.69, 9.17) is 20.2 Å². The maximum atomic E-state index is 15.9. The summed E-state index contributed by atoms with van der Waals surface area (Å²) in [6.45, 7) is 13.0. The molecule has 316 valence electrons. The van der Waals surface area contributed by atoms with Crippen molar-refractivity contribution in [3.8, 4) is 11.1 Å². The first-order valence-corrected chi connectivity index (χ1v) is 21.6. The number of halogens is 1. The van der Waals surface area contributed by atoms with Crippen LogP contribution < -0.4 is 11.1 Å². The van der Waals surface area contributed by atoms with E-state index in [2.05, 4.69) is 39.3 Å². The minimum atomic E-state index is -0.613. The lowest BCUT2D eigenvalue weighted by atomic mass is 9.98. The highest BCUT2D eigenvalue weighted by Crippen LogP contribution is 2.34. The lowest BCUT2D eigenvalue weighted by molar-refractivity contribution is 0.000231. The molecular formula is C47H57FN8O4. The van der Waals surface area contributed by atoms with E-state index in [-0.39, 0.29) is 36.4 Å². The van der Waals surface area contributed by atoms with Crippen LogP contribution in [0.25, 0.3) is 22.2 Å². The number of pyridine rings is 1. The Bertz CT molecular complexity index is 2290. The number of aryl methyl sites for hydroxylation is 2. The SMILES string of the molecule is CCc1nc2c(cnn2CC)c(NC2CCOCC2)c1CN(Cc1ccc(F)c(-c2cccc(CN3CCC(N4CCOCC4)CC3)c2)c1)C(=O)c1cccc(C(N)=O)c1. The van der Waals surface area contributed by atoms with Crippen LogP contribution in [0, 0.1) is 5.82 Å². The number of ether oxygens (including phenoxy) is 2. The summed E-state index contributed by atoms with van der Waals surface area (Å²) in [4.78, 5) is 38.9. The monoisotopic (exact) mass is 816 g/mol. The fourth-order valence-electron chi connectivity index (χ4n) is 9.05. The maximum Gasteiger partial charge on any atom is 0.254 e. The Balaban J connectivity index is 1.10. The van der Waals surface area contributed by atoms with E-state index >= 15 is 4.39 Å². The number of nitrogens with zero attached hydrogens (tertiary/aromatic N) is 6. The van der Waals surface area contributed by atoms with Crippen LogP contribution in [0.3, 0.4) is 0 Å². The van der Waals surface area contributed by atoms with Gasteiger partial charge in [0.05, 0.1) is 37.0 Å². The summed E-state index contributed by atoms with van der Waals surface area (Å²) in [6, 6.07) is 20.5. The Hall–Kier alpha value is -5.21. The molecule has 0 atom stereocenters. The topological polar surface area (TPSA) is 131 Å². The molecule has 0 saturated carbocycles. The predicted molar refractivity (Wildman–Crippen MR) is 231 cm³/mol. The maximum absolute atomic E-state index is 15.9. The molecule has 0 radical (unpaired) electrons. The zero-order valence-electron chi connectivity index (χ0n) is 34.9. The number of hydrogen-bond acceptors (Lipinski definition) is 9. The number of likely N-dealkylation sites (tertiary alicyclic amines) is 1. The Kier molecular flexibility index (Phi) is 13.2. The molecule has 0 aliphatic carbocycles. The minimum absolute atomic E-state index is 0.173. The zero-order chi connectivity index (χ0) is 41.6. The Morgan fingerprint density at radius 2 is 1.62 bits per heavy atom. The van der Waals surface area contributed by atoms with E-state index in [0.717, 1.165) is 116 Å². The number of carbonyl (C=O) groups excluding carboxylic acids is 2. The van der Waals surface area contributed by atoms with Gasteiger partial charge in [-0.25, -0.2) is 14.1 Å². The number of nitrogens with one attached hydrogen (secondary N) is 1. The van der Waals surface area contributed by atoms with Gasteiger partial charge < -0.3 is 25.4 Å². The highest BCUT2D eigenvalue weighted by atomic mass is 19.1. The quantitative estimate of drug-likeness (QED) is 0.127. The van der Waals surface area contributed by atoms with Crippen molar-refractivity contribution in [1.29, 1.82) is 0 Å². The smallest absolute Gasteiger partial charge is 0.254 e. The van der Waals surface area contributed by atoms with E-state index in [1.54, 1.807) is 35.2 Å². The highest BCUT2D eigenvalue weighted by Gasteiger charge is 2.28. The first kappa shape index (κ1) is 41.5. The van der Waals surface area contributed by atoms with Gasteiger partial charge >= 0.3 is 0 Å². The number of nitrogens with two attached hydrogens (primary N) is 1. The second kappa shape index (κ2) is 19.0. The van der Waals surface area contributed by atoms with Crippen molar-refractivity contribution >= 4 is 28.5 Å². The number of amides is 2. The number of hydrogen-bond donors (Lipinski definition) is 2. The van der Waals surface area contributed by atoms with Crippen molar-refractivity contribution in [2.24, 2.45) is 5.73 Å². The third-order valence-corrected chi connectivity index (χ3v) is 12.4. The second-order valence-electron chi connectivity index (χ2n) is 16.3. The number of aromatic nitrogens is 3. The van der Waals surface area contributed by atoms with E-state index in [0.29, 0.717) is 43.3 Å². The Morgan fingerprint density at radius 1 is 0.867 bits per heavy atom. The second-order valence-corrected chi connectivity index (χ2v) is 16.3. The summed E-state index contributed by atoms with van der Waals surface area (Å²) in [6.07, 6.45) is 6.46. The molecule has 13 heteroatoms. The Morgan fingerprint density at radius 3 is 2.37 bits per heavy atom. The molecule has 3 aromatic carbocycles. The zero-order valence-corrected chi connectivity index (χ0v) is 34.9. The van der Waals surface area contributed by atoms with Crippen LogP contribution in [-0.4, -0.2) is 106 Å². The van der Waals surface area contributed by atoms with Gasteiger partial charge in [-0.1, -0.05) is 37.3 Å². The molecule has 3 aliphatic rings. The van der Waals surface area contributed by atoms with Crippen molar-refractivity contribution in [3.63, 3.8) is 0 Å². The first-order valence-electron chi connectivity index (χ1n) is 21.6. The number of rotatable bonds is 14. The normalized spacial score (nSPS) is 17.2. The minimum Gasteiger partial charge on any atom is -0.381 e. The molecule has 0 spiro atoms. The summed E-state index contributed by atoms with van der Waals surface area (Å²) in [5, 5.41) is 9.39. The number of piperidine rings is 1. The summed E-state index contributed by atoms with van der Waals surface area (Å²) < 4.78 is 29.0. The Labute approximate surface area is 351 Å². The molecule has 3 N–H and O–H groups in total. The molecule has 12 nitrogen and oxygen atoms in total. The molecule has 2 amide bonds. The fourth-order valence-corrected chi connectivity index (χ4v) is 9.05. The molecule has 3 aliphatic heterocycles. The molecule has 5 aromatic rings. The highest BCUT2D eigenvalue weighted by molar-refractivity contribution is 5.99. The predicted octanol–water partition coefficient (Wildman–Crippen LogP) is 6.65. The standard InChI is InChI=1S/C47H57FN8O4/c1-3-43-41(44(51-37-15-21-59-22-16-37)40-28-50-56(4-2)46(40)52-43)31-55(47(58)36-10-6-9-35(27-36)45(49)57)30-33-11-12-42(48)39(26-33)34-8-5-7-32(25-34)29-53-17-13-38(14-18-53)54-19-23-60-24-20-54/h5-12,25-28,37-38H,3-4,13-24,29-31H2,1-2H3,(H2,49,57)(H,51,52). The lowest BCUT2D eigenvalue weighted by Gasteiger charge is -2.40. The van der Waals surface area contributed by atoms with Crippen LogP contribution >= 0.6 is 0 Å². The summed E-state index contributed by atoms with van der Waals surface area (Å²) >= 11 is 0. The average Bonchev–Trinajstić information content (AvgIpc) is 3.71. The molecule has 3 saturated heterocycles. The van der Waals surface area contributed by atoms with Gasteiger partial charge in [-0.2, -0.15) is 5.10 Å². The average molecular weight is 817 g/mol. The number of morpholine rings is 1. The lowest BCUT2D eigenvalue weighted by Crippen LogP contribution is -2.48. The number of carbonyl (C=O) groups is 2. The molecule has 3 fully saturated rings. The van der Waals surface area contributed by atoms with Crippen molar-refractivity contribution in [3.05, 3.63) is 112 Å². The first-order chi connectivity index (χ1) is 29.3. The van der Waals surface area contributed by atoms with Crippen molar-refractivity contribution in [2.75, 3.05) is 57.9 Å². The number of fused-ring (bicyclic) bond motifs is 1. The summed E-state index contributed by atoms with van der Waals surface area (Å²) in [5.41, 5.74) is 12.9. The third kappa shape index (κ3) is 9.39. The third-order valence-electron chi connectivity index (χ3n) is 12.4. The molecule has 0 bridgehead atoms. The molecule has 2 aromatic heterocycles. The molecule has 8 rings (SSSR count). The van der Waals surface area contributed by atoms with Gasteiger partial charge in [0.15, 0.2) is 5.65 Å². The number of primary amides is 1. The van der Waals surface area contributed by atoms with Gasteiger partial charge in [-0.15, -0.1) is 0 Å². The van der Waals surface area contributed by atoms with Gasteiger partial charge in [0.25, 0.3) is 5.91 Å². The van der Waals surface area contributed by atoms with Crippen LogP contribution in [0.4, 0.5) is 10.1 Å². The van der Waals surface area contributed by atoms with Crippen molar-refractivity contribution in [1.82, 2.24) is 29.5 Å². The molecule has 60 heavy (non-hydrogen) atoms. The van der Waals surface area contributed by atoms with Gasteiger partial charge in [-0.3, -0.25) is 19.4 Å². The van der Waals surface area contributed by atoms with E-state index in [9.17, 15) is 9.59 Å². The van der Waals surface area contributed by atoms with Crippen LogP contribution in [0.1, 0.15) is 82.6 Å². The van der Waals surface area contributed by atoms with Crippen molar-refractivity contribution < 1.29 is 23.5 Å². The van der Waals surface area contributed by atoms with E-state index < -0.39 is 5.91 Å². The molecule has 0 unspecified atom stereocenters. The van der Waals surface area contributed by atoms with Crippen molar-refractivity contribution in [2.45, 2.75) is 84.2 Å². The number of benzene rings is 3.